The van der Waals surface area contributed by atoms with Crippen molar-refractivity contribution in [2.75, 3.05) is 27.2 Å². The van der Waals surface area contributed by atoms with Crippen LogP contribution in [0.15, 0.2) is 114 Å². The van der Waals surface area contributed by atoms with E-state index in [1.165, 1.54) is 54.3 Å². The molecule has 1 heterocycles. The van der Waals surface area contributed by atoms with Crippen LogP contribution >= 0.6 is 0 Å². The molecular formula is C59H83N9O10S. The van der Waals surface area contributed by atoms with Crippen LogP contribution in [0.25, 0.3) is 0 Å². The molecule has 79 heavy (non-hydrogen) atoms. The van der Waals surface area contributed by atoms with Gasteiger partial charge in [0, 0.05) is 56.1 Å². The summed E-state index contributed by atoms with van der Waals surface area (Å²) in [7, 11) is -1.12. The van der Waals surface area contributed by atoms with Gasteiger partial charge in [0.15, 0.2) is 0 Å². The molecule has 1 aliphatic rings. The maximum Gasteiger partial charge on any atom is 0.264 e. The number of hydrogen-bond donors (Lipinski definition) is 7. The quantitative estimate of drug-likeness (QED) is 0.0277. The Labute approximate surface area is 466 Å². The van der Waals surface area contributed by atoms with Crippen molar-refractivity contribution in [1.82, 2.24) is 41.1 Å². The van der Waals surface area contributed by atoms with Crippen LogP contribution in [0, 0.1) is 11.3 Å². The van der Waals surface area contributed by atoms with Crippen LogP contribution < -0.4 is 37.0 Å². The lowest BCUT2D eigenvalue weighted by atomic mass is 9.76. The zero-order valence-electron chi connectivity index (χ0n) is 47.5. The molecule has 19 nitrogen and oxygen atoms in total. The number of nitrogens with one attached hydrogen (secondary N) is 6. The topological polar surface area (TPSA) is 275 Å². The molecule has 0 bridgehead atoms. The van der Waals surface area contributed by atoms with E-state index in [1.807, 2.05) is 109 Å². The SMILES string of the molecule is CNC(C(=O)NC(C(=O)N(C)C(C=C(C)C(=O)NS(=O)(=O)c1ccc(CNC(=O)C(CCCCN)NC(=O)C(Cc2ccccc2)NC(=O)CCCCCN2C(=O)C=CC2=O)cc1)C(C)C)C(C)(C)C)C(C)(C)c1ccccc1. The largest absolute Gasteiger partial charge is 0.350 e. The zero-order valence-corrected chi connectivity index (χ0v) is 48.3. The van der Waals surface area contributed by atoms with E-state index in [4.69, 9.17) is 5.73 Å². The first kappa shape index (κ1) is 64.5. The Morgan fingerprint density at radius 2 is 1.32 bits per heavy atom. The van der Waals surface area contributed by atoms with Crippen LogP contribution in [-0.4, -0.2) is 123 Å². The van der Waals surface area contributed by atoms with E-state index >= 15 is 0 Å². The molecular weight excluding hydrogens is 1030 g/mol. The van der Waals surface area contributed by atoms with Crippen LogP contribution in [-0.2, 0) is 66.8 Å². The smallest absolute Gasteiger partial charge is 0.264 e. The van der Waals surface area contributed by atoms with Crippen LogP contribution in [0.2, 0.25) is 0 Å². The first-order valence-corrected chi connectivity index (χ1v) is 28.5. The highest BCUT2D eigenvalue weighted by molar-refractivity contribution is 7.90. The van der Waals surface area contributed by atoms with Crippen molar-refractivity contribution in [3.8, 4) is 0 Å². The van der Waals surface area contributed by atoms with Gasteiger partial charge in [-0.2, -0.15) is 0 Å². The fraction of sp³-hybridized carbons (Fsp3) is 0.492. The van der Waals surface area contributed by atoms with Crippen molar-refractivity contribution < 1.29 is 46.8 Å². The highest BCUT2D eigenvalue weighted by Gasteiger charge is 2.42. The molecule has 430 valence electrons. The van der Waals surface area contributed by atoms with Crippen molar-refractivity contribution in [3.63, 3.8) is 0 Å². The van der Waals surface area contributed by atoms with Crippen molar-refractivity contribution in [1.29, 1.82) is 0 Å². The van der Waals surface area contributed by atoms with E-state index < -0.39 is 74.7 Å². The highest BCUT2D eigenvalue weighted by Crippen LogP contribution is 2.29. The first-order valence-electron chi connectivity index (χ1n) is 27.0. The summed E-state index contributed by atoms with van der Waals surface area (Å²) in [5.41, 5.74) is 6.66. The Hall–Kier alpha value is -7.03. The predicted molar refractivity (Wildman–Crippen MR) is 304 cm³/mol. The number of likely N-dealkylation sites (N-methyl/N-ethyl adjacent to an activating group) is 2. The van der Waals surface area contributed by atoms with E-state index in [-0.39, 0.29) is 72.4 Å². The predicted octanol–water partition coefficient (Wildman–Crippen LogP) is 4.46. The van der Waals surface area contributed by atoms with Gasteiger partial charge in [-0.15, -0.1) is 0 Å². The third kappa shape index (κ3) is 19.1. The van der Waals surface area contributed by atoms with Gasteiger partial charge >= 0.3 is 0 Å². The molecule has 3 aromatic rings. The van der Waals surface area contributed by atoms with Crippen molar-refractivity contribution in [3.05, 3.63) is 125 Å². The van der Waals surface area contributed by atoms with E-state index in [0.29, 0.717) is 44.2 Å². The molecule has 0 fully saturated rings. The number of carbonyl (C=O) groups excluding carboxylic acids is 8. The second kappa shape index (κ2) is 29.8. The standard InChI is InChI=1S/C59H83N9O10S/c1-39(2)47(67(10)57(76)52(58(4,5)6)65-56(75)51(61-9)59(7,8)43-24-16-12-17-25-43)36-40(3)53(72)66-79(77,78)44-30-28-42(29-31-44)38-62-54(73)45(26-19-20-34-60)64-55(74)46(37-41-22-14-11-15-23-41)63-48(69)27-18-13-21-35-68-49(70)32-33-50(68)71/h11-12,14-17,22-25,28-33,36,39,45-47,51-52,61H,13,18-21,26-27,34-35,37-38,60H2,1-10H3,(H,62,73)(H,63,69)(H,64,74)(H,65,75)(H,66,72). The van der Waals surface area contributed by atoms with Crippen LogP contribution in [0.1, 0.15) is 117 Å². The Kier molecular flexibility index (Phi) is 24.3. The summed E-state index contributed by atoms with van der Waals surface area (Å²) >= 11 is 0. The van der Waals surface area contributed by atoms with Crippen molar-refractivity contribution >= 4 is 57.3 Å². The summed E-state index contributed by atoms with van der Waals surface area (Å²) in [5.74, 6) is -4.08. The highest BCUT2D eigenvalue weighted by atomic mass is 32.2. The second-order valence-corrected chi connectivity index (χ2v) is 23.8. The number of nitrogens with zero attached hydrogens (tertiary/aromatic N) is 2. The van der Waals surface area contributed by atoms with Crippen LogP contribution in [0.3, 0.4) is 0 Å². The number of benzene rings is 3. The number of sulfonamides is 1. The molecule has 0 spiro atoms. The number of amides is 8. The second-order valence-electron chi connectivity index (χ2n) is 22.1. The molecule has 4 rings (SSSR count). The Morgan fingerprint density at radius 1 is 0.709 bits per heavy atom. The summed E-state index contributed by atoms with van der Waals surface area (Å²) in [6.07, 6.45) is 7.11. The number of hydrogen-bond acceptors (Lipinski definition) is 12. The molecule has 0 radical (unpaired) electrons. The van der Waals surface area contributed by atoms with Gasteiger partial charge in [-0.3, -0.25) is 43.3 Å². The van der Waals surface area contributed by atoms with Gasteiger partial charge < -0.3 is 37.2 Å². The Morgan fingerprint density at radius 3 is 1.89 bits per heavy atom. The van der Waals surface area contributed by atoms with Gasteiger partial charge in [0.1, 0.15) is 18.1 Å². The van der Waals surface area contributed by atoms with Gasteiger partial charge in [-0.05, 0) is 92.8 Å². The Bertz CT molecular complexity index is 2740. The normalized spacial score (nSPS) is 14.9. The van der Waals surface area contributed by atoms with E-state index in [9.17, 15) is 46.8 Å². The molecule has 5 unspecified atom stereocenters. The molecule has 0 aliphatic carbocycles. The molecule has 0 saturated carbocycles. The fourth-order valence-electron chi connectivity index (χ4n) is 9.27. The summed E-state index contributed by atoms with van der Waals surface area (Å²) in [5, 5.41) is 14.6. The summed E-state index contributed by atoms with van der Waals surface area (Å²) < 4.78 is 29.3. The van der Waals surface area contributed by atoms with Gasteiger partial charge in [-0.1, -0.05) is 134 Å². The Balaban J connectivity index is 1.39. The molecule has 3 aromatic carbocycles. The molecule has 8 N–H and O–H groups in total. The zero-order chi connectivity index (χ0) is 58.7. The van der Waals surface area contributed by atoms with Crippen molar-refractivity contribution in [2.24, 2.45) is 17.1 Å². The summed E-state index contributed by atoms with van der Waals surface area (Å²) in [6, 6.07) is 19.9. The molecule has 8 amide bonds. The van der Waals surface area contributed by atoms with Gasteiger partial charge in [0.25, 0.3) is 27.7 Å². The lowest BCUT2D eigenvalue weighted by Crippen LogP contribution is -2.61. The third-order valence-corrected chi connectivity index (χ3v) is 15.4. The molecule has 5 atom stereocenters. The maximum atomic E-state index is 14.4. The summed E-state index contributed by atoms with van der Waals surface area (Å²) in [6.45, 7) is 15.2. The number of carbonyl (C=O) groups is 8. The van der Waals surface area contributed by atoms with E-state index in [1.54, 1.807) is 14.1 Å². The minimum atomic E-state index is -4.40. The summed E-state index contributed by atoms with van der Waals surface area (Å²) in [4.78, 5) is 109. The van der Waals surface area contributed by atoms with Gasteiger partial charge in [0.05, 0.1) is 17.0 Å². The van der Waals surface area contributed by atoms with E-state index in [0.717, 1.165) is 16.0 Å². The van der Waals surface area contributed by atoms with Crippen LogP contribution in [0.5, 0.6) is 0 Å². The van der Waals surface area contributed by atoms with Crippen molar-refractivity contribution in [2.45, 2.75) is 154 Å². The monoisotopic (exact) mass is 1110 g/mol. The number of rotatable bonds is 30. The average Bonchev–Trinajstić information content (AvgIpc) is 3.77. The number of unbranched alkanes of at least 4 members (excludes halogenated alkanes) is 3. The number of nitrogens with two attached hydrogens (primary N) is 1. The first-order chi connectivity index (χ1) is 37.2. The van der Waals surface area contributed by atoms with Gasteiger partial charge in [-0.25, -0.2) is 13.1 Å². The van der Waals surface area contributed by atoms with Gasteiger partial charge in [0.2, 0.25) is 29.5 Å². The van der Waals surface area contributed by atoms with Crippen LogP contribution in [0.4, 0.5) is 0 Å². The fourth-order valence-corrected chi connectivity index (χ4v) is 10.3. The molecule has 20 heteroatoms. The average molecular weight is 1110 g/mol. The minimum absolute atomic E-state index is 0.0390. The lowest BCUT2D eigenvalue weighted by Gasteiger charge is -2.40. The maximum absolute atomic E-state index is 14.4. The number of imide groups is 1. The van der Waals surface area contributed by atoms with E-state index in [2.05, 4.69) is 31.3 Å². The minimum Gasteiger partial charge on any atom is -0.350 e. The third-order valence-electron chi connectivity index (χ3n) is 14.1. The molecule has 1 aliphatic heterocycles. The molecule has 0 saturated heterocycles. The lowest BCUT2D eigenvalue weighted by molar-refractivity contribution is -0.141. The molecule has 0 aromatic heterocycles.